The summed E-state index contributed by atoms with van der Waals surface area (Å²) in [5.74, 6) is 1.34. The van der Waals surface area contributed by atoms with Crippen molar-refractivity contribution in [2.24, 2.45) is 0 Å². The van der Waals surface area contributed by atoms with Crippen LogP contribution in [0.1, 0.15) is 5.56 Å². The molecule has 0 aliphatic heterocycles. The van der Waals surface area contributed by atoms with Gasteiger partial charge in [0, 0.05) is 22.2 Å². The summed E-state index contributed by atoms with van der Waals surface area (Å²) in [6.07, 6.45) is 3.63. The number of rotatable bonds is 6. The molecule has 2 aromatic heterocycles. The molecule has 0 amide bonds. The van der Waals surface area contributed by atoms with Crippen LogP contribution in [0.3, 0.4) is 0 Å². The molecule has 3 rings (SSSR count). The number of nitrogens with one attached hydrogen (secondary N) is 1. The van der Waals surface area contributed by atoms with Gasteiger partial charge in [0.2, 0.25) is 20.1 Å². The van der Waals surface area contributed by atoms with E-state index in [1.54, 1.807) is 11.8 Å². The van der Waals surface area contributed by atoms with Crippen LogP contribution in [0.15, 0.2) is 46.5 Å². The first-order valence-corrected chi connectivity index (χ1v) is 17.1. The molecule has 0 atom stereocenters. The average Bonchev–Trinajstić information content (AvgIpc) is 2.55. The average molecular weight is 429 g/mol. The Morgan fingerprint density at radius 1 is 0.929 bits per heavy atom. The molecule has 28 heavy (non-hydrogen) atoms. The summed E-state index contributed by atoms with van der Waals surface area (Å²) in [5.41, 5.74) is 2.09. The molecule has 0 aliphatic rings. The van der Waals surface area contributed by atoms with Crippen molar-refractivity contribution in [3.05, 3.63) is 42.2 Å². The molecule has 5 nitrogen and oxygen atoms in total. The number of nitrogens with zero attached hydrogens (tertiary/aromatic N) is 3. The number of aromatic nitrogens is 3. The van der Waals surface area contributed by atoms with Gasteiger partial charge in [0.05, 0.1) is 10.9 Å². The van der Waals surface area contributed by atoms with E-state index in [-0.39, 0.29) is 0 Å². The smallest absolute Gasteiger partial charge is 0.244 e. The van der Waals surface area contributed by atoms with Gasteiger partial charge >= 0.3 is 0 Å². The fourth-order valence-corrected chi connectivity index (χ4v) is 5.21. The monoisotopic (exact) mass is 428 g/mol. The lowest BCUT2D eigenvalue weighted by Crippen LogP contribution is -2.34. The Morgan fingerprint density at radius 3 is 2.21 bits per heavy atom. The summed E-state index contributed by atoms with van der Waals surface area (Å²) in [5, 5.41) is 0.991. The Labute approximate surface area is 173 Å². The van der Waals surface area contributed by atoms with Gasteiger partial charge in [-0.15, -0.1) is 0 Å². The van der Waals surface area contributed by atoms with E-state index in [2.05, 4.69) is 68.3 Å². The van der Waals surface area contributed by atoms with Crippen molar-refractivity contribution in [3.63, 3.8) is 0 Å². The quantitative estimate of drug-likeness (QED) is 0.490. The number of aryl methyl sites for hydroxylation is 1. The van der Waals surface area contributed by atoms with Gasteiger partial charge in [0.15, 0.2) is 0 Å². The number of fused-ring (bicyclic) bond motifs is 1. The van der Waals surface area contributed by atoms with Crippen LogP contribution in [-0.4, -0.2) is 31.5 Å². The molecule has 2 heterocycles. The third-order valence-corrected chi connectivity index (χ3v) is 6.76. The Kier molecular flexibility index (Phi) is 5.83. The zero-order chi connectivity index (χ0) is 20.5. The minimum absolute atomic E-state index is 0.656. The van der Waals surface area contributed by atoms with E-state index >= 15 is 0 Å². The van der Waals surface area contributed by atoms with Crippen LogP contribution in [0.5, 0.6) is 5.88 Å². The van der Waals surface area contributed by atoms with Crippen molar-refractivity contribution in [2.75, 3.05) is 4.98 Å². The number of anilines is 1. The maximum atomic E-state index is 6.44. The van der Waals surface area contributed by atoms with Crippen LogP contribution in [0.25, 0.3) is 10.9 Å². The Hall–Kier alpha value is -1.91. The fraction of sp³-hybridized carbons (Fsp3) is 0.350. The second-order valence-corrected chi connectivity index (χ2v) is 19.1. The van der Waals surface area contributed by atoms with Gasteiger partial charge in [-0.05, 0) is 50.3 Å². The Morgan fingerprint density at radius 2 is 1.61 bits per heavy atom. The number of hydrogen-bond donors (Lipinski definition) is 1. The molecule has 8 heteroatoms. The predicted octanol–water partition coefficient (Wildman–Crippen LogP) is 5.94. The SMILES string of the molecule is Cc1ccc2nc(N[Si](C)(C)C)nc(O[Si](C)(C)C)c2c1Sc1ccncc1. The third-order valence-electron chi connectivity index (χ3n) is 3.74. The molecule has 0 saturated carbocycles. The number of pyridine rings is 1. The van der Waals surface area contributed by atoms with Crippen molar-refractivity contribution in [3.8, 4) is 5.88 Å². The molecule has 0 aliphatic carbocycles. The zero-order valence-electron chi connectivity index (χ0n) is 17.6. The highest BCUT2D eigenvalue weighted by molar-refractivity contribution is 7.99. The summed E-state index contributed by atoms with van der Waals surface area (Å²) < 4.78 is 6.44. The van der Waals surface area contributed by atoms with Crippen molar-refractivity contribution in [1.82, 2.24) is 15.0 Å². The molecule has 148 valence electrons. The van der Waals surface area contributed by atoms with E-state index in [0.717, 1.165) is 20.7 Å². The van der Waals surface area contributed by atoms with Crippen LogP contribution < -0.4 is 9.41 Å². The molecular formula is C20H28N4OSSi2. The highest BCUT2D eigenvalue weighted by Gasteiger charge is 2.24. The van der Waals surface area contributed by atoms with E-state index in [9.17, 15) is 0 Å². The molecule has 0 fully saturated rings. The van der Waals surface area contributed by atoms with Gasteiger partial charge in [0.1, 0.15) is 8.24 Å². The van der Waals surface area contributed by atoms with E-state index in [4.69, 9.17) is 14.4 Å². The largest absolute Gasteiger partial charge is 0.531 e. The Balaban J connectivity index is 2.21. The van der Waals surface area contributed by atoms with Crippen LogP contribution in [-0.2, 0) is 0 Å². The summed E-state index contributed by atoms with van der Waals surface area (Å²) in [4.78, 5) is 19.5. The van der Waals surface area contributed by atoms with Gasteiger partial charge in [-0.2, -0.15) is 4.98 Å². The maximum absolute atomic E-state index is 6.44. The van der Waals surface area contributed by atoms with E-state index in [0.29, 0.717) is 11.8 Å². The summed E-state index contributed by atoms with van der Waals surface area (Å²) in [6, 6.07) is 8.22. The van der Waals surface area contributed by atoms with Gasteiger partial charge in [-0.1, -0.05) is 37.5 Å². The highest BCUT2D eigenvalue weighted by Crippen LogP contribution is 2.40. The predicted molar refractivity (Wildman–Crippen MR) is 124 cm³/mol. The molecule has 0 bridgehead atoms. The van der Waals surface area contributed by atoms with Crippen molar-refractivity contribution in [1.29, 1.82) is 0 Å². The summed E-state index contributed by atoms with van der Waals surface area (Å²) in [7, 11) is -3.44. The first-order valence-electron chi connectivity index (χ1n) is 9.38. The third kappa shape index (κ3) is 5.33. The summed E-state index contributed by atoms with van der Waals surface area (Å²) in [6.45, 7) is 15.4. The first-order chi connectivity index (χ1) is 13.0. The van der Waals surface area contributed by atoms with Crippen molar-refractivity contribution >= 4 is 45.2 Å². The molecule has 0 saturated heterocycles. The van der Waals surface area contributed by atoms with Crippen LogP contribution in [0, 0.1) is 6.92 Å². The van der Waals surface area contributed by atoms with Gasteiger partial charge in [-0.3, -0.25) is 4.98 Å². The second-order valence-electron chi connectivity index (χ2n) is 8.83. The molecule has 0 spiro atoms. The standard InChI is InChI=1S/C20H28N4OSSi2/c1-14-8-9-16-17(18(14)26-15-10-12-21-13-11-15)19(25-28(5,6)7)23-20(22-16)24-27(2,3)4/h8-13H,1-7H3,(H,22,23,24). The fourth-order valence-electron chi connectivity index (χ4n) is 2.68. The number of benzene rings is 1. The van der Waals surface area contributed by atoms with Crippen molar-refractivity contribution < 1.29 is 4.43 Å². The lowest BCUT2D eigenvalue weighted by Gasteiger charge is -2.23. The summed E-state index contributed by atoms with van der Waals surface area (Å²) >= 11 is 1.71. The van der Waals surface area contributed by atoms with Crippen LogP contribution >= 0.6 is 11.8 Å². The number of hydrogen-bond acceptors (Lipinski definition) is 6. The van der Waals surface area contributed by atoms with E-state index in [1.165, 1.54) is 5.56 Å². The van der Waals surface area contributed by atoms with Crippen LogP contribution in [0.4, 0.5) is 5.95 Å². The van der Waals surface area contributed by atoms with Crippen molar-refractivity contribution in [2.45, 2.75) is 56.0 Å². The lowest BCUT2D eigenvalue weighted by atomic mass is 10.1. The molecule has 1 N–H and O–H groups in total. The minimum atomic E-state index is -1.86. The highest BCUT2D eigenvalue weighted by atomic mass is 32.2. The lowest BCUT2D eigenvalue weighted by molar-refractivity contribution is 0.540. The maximum Gasteiger partial charge on any atom is 0.244 e. The molecule has 0 unspecified atom stereocenters. The molecule has 0 radical (unpaired) electrons. The van der Waals surface area contributed by atoms with Gasteiger partial charge < -0.3 is 9.41 Å². The minimum Gasteiger partial charge on any atom is -0.531 e. The Bertz CT molecular complexity index is 985. The second kappa shape index (κ2) is 7.84. The molecular weight excluding hydrogens is 400 g/mol. The molecule has 3 aromatic rings. The van der Waals surface area contributed by atoms with Gasteiger partial charge in [-0.25, -0.2) is 4.98 Å². The normalized spacial score (nSPS) is 12.2. The van der Waals surface area contributed by atoms with Crippen LogP contribution in [0.2, 0.25) is 39.3 Å². The van der Waals surface area contributed by atoms with Gasteiger partial charge in [0.25, 0.3) is 0 Å². The first kappa shape index (κ1) is 20.8. The molecule has 1 aromatic carbocycles. The zero-order valence-corrected chi connectivity index (χ0v) is 20.4. The topological polar surface area (TPSA) is 59.9 Å². The van der Waals surface area contributed by atoms with E-state index in [1.807, 2.05) is 24.5 Å². The van der Waals surface area contributed by atoms with E-state index < -0.39 is 16.6 Å².